The van der Waals surface area contributed by atoms with Crippen LogP contribution < -0.4 is 0 Å². The van der Waals surface area contributed by atoms with Gasteiger partial charge in [0.2, 0.25) is 0 Å². The van der Waals surface area contributed by atoms with Gasteiger partial charge in [-0.25, -0.2) is 19.9 Å². The fourth-order valence-electron chi connectivity index (χ4n) is 9.46. The SMILES string of the molecule is CN1CC=C(c2ccc(C3(Cc4ncc(-c5nnc(C(F)F)o5)cn4)CCC3)cc2)CC1.CN1CCC(c2ccc(C3(Cc4ncc(-c5nnc(C(F)F)o5)cn4)CCC3)cc2)CC1. The highest BCUT2D eigenvalue weighted by Gasteiger charge is 2.41. The van der Waals surface area contributed by atoms with Gasteiger partial charge in [0.05, 0.1) is 11.1 Å². The van der Waals surface area contributed by atoms with Crippen LogP contribution >= 0.6 is 0 Å². The third-order valence-electron chi connectivity index (χ3n) is 13.8. The molecule has 16 heteroatoms. The van der Waals surface area contributed by atoms with Gasteiger partial charge in [-0.3, -0.25) is 0 Å². The first kappa shape index (κ1) is 43.5. The van der Waals surface area contributed by atoms with Crippen molar-refractivity contribution in [2.45, 2.75) is 100 Å². The first-order valence-corrected chi connectivity index (χ1v) is 22.2. The van der Waals surface area contributed by atoms with E-state index >= 15 is 0 Å². The molecule has 4 aromatic heterocycles. The van der Waals surface area contributed by atoms with E-state index in [1.54, 1.807) is 24.8 Å². The number of rotatable bonds is 12. The molecule has 0 radical (unpaired) electrons. The molecule has 1 saturated heterocycles. The van der Waals surface area contributed by atoms with Crippen LogP contribution in [0.4, 0.5) is 17.6 Å². The third kappa shape index (κ3) is 9.53. The molecule has 2 aromatic carbocycles. The molecule has 10 rings (SSSR count). The van der Waals surface area contributed by atoms with Crippen LogP contribution in [0.5, 0.6) is 0 Å². The lowest BCUT2D eigenvalue weighted by Crippen LogP contribution is -2.37. The Labute approximate surface area is 369 Å². The van der Waals surface area contributed by atoms with Crippen LogP contribution in [0.15, 0.2) is 88.2 Å². The predicted octanol–water partition coefficient (Wildman–Crippen LogP) is 9.79. The maximum Gasteiger partial charge on any atom is 0.314 e. The fraction of sp³-hybridized carbons (Fsp3) is 0.458. The van der Waals surface area contributed by atoms with E-state index in [-0.39, 0.29) is 22.6 Å². The normalized spacial score (nSPS) is 18.8. The van der Waals surface area contributed by atoms with Gasteiger partial charge in [0.1, 0.15) is 11.6 Å². The molecular weight excluding hydrogens is 825 g/mol. The molecule has 0 bridgehead atoms. The van der Waals surface area contributed by atoms with Crippen molar-refractivity contribution >= 4 is 5.57 Å². The summed E-state index contributed by atoms with van der Waals surface area (Å²) in [5.41, 5.74) is 7.85. The summed E-state index contributed by atoms with van der Waals surface area (Å²) in [5, 5.41) is 14.0. The smallest absolute Gasteiger partial charge is 0.314 e. The molecule has 334 valence electrons. The predicted molar refractivity (Wildman–Crippen MR) is 231 cm³/mol. The van der Waals surface area contributed by atoms with Gasteiger partial charge in [-0.05, 0) is 106 Å². The monoisotopic (exact) mass is 876 g/mol. The summed E-state index contributed by atoms with van der Waals surface area (Å²) in [6.07, 6.45) is 14.9. The zero-order valence-corrected chi connectivity index (χ0v) is 36.1. The summed E-state index contributed by atoms with van der Waals surface area (Å²) < 4.78 is 60.6. The molecule has 64 heavy (non-hydrogen) atoms. The summed E-state index contributed by atoms with van der Waals surface area (Å²) in [7, 11) is 4.34. The van der Waals surface area contributed by atoms with Crippen molar-refractivity contribution in [1.29, 1.82) is 0 Å². The molecule has 0 N–H and O–H groups in total. The molecule has 0 amide bonds. The van der Waals surface area contributed by atoms with Crippen molar-refractivity contribution in [2.75, 3.05) is 40.3 Å². The number of nitrogens with zero attached hydrogens (tertiary/aromatic N) is 10. The molecule has 0 spiro atoms. The lowest BCUT2D eigenvalue weighted by atomic mass is 9.62. The molecule has 0 atom stereocenters. The van der Waals surface area contributed by atoms with E-state index in [0.29, 0.717) is 17.0 Å². The highest BCUT2D eigenvalue weighted by atomic mass is 19.3. The molecular formula is C48H52F4N10O2. The highest BCUT2D eigenvalue weighted by molar-refractivity contribution is 5.67. The maximum atomic E-state index is 12.7. The van der Waals surface area contributed by atoms with Crippen LogP contribution in [0, 0.1) is 0 Å². The Morgan fingerprint density at radius 2 is 1.06 bits per heavy atom. The highest BCUT2D eigenvalue weighted by Crippen LogP contribution is 2.47. The van der Waals surface area contributed by atoms with Gasteiger partial charge in [-0.2, -0.15) is 17.6 Å². The van der Waals surface area contributed by atoms with E-state index in [0.717, 1.165) is 82.8 Å². The lowest BCUT2D eigenvalue weighted by Gasteiger charge is -2.42. The van der Waals surface area contributed by atoms with E-state index in [4.69, 9.17) is 8.83 Å². The Kier molecular flexibility index (Phi) is 12.8. The van der Waals surface area contributed by atoms with Gasteiger partial charge in [-0.15, -0.1) is 20.4 Å². The van der Waals surface area contributed by atoms with Gasteiger partial charge < -0.3 is 18.6 Å². The third-order valence-corrected chi connectivity index (χ3v) is 13.8. The molecule has 6 heterocycles. The topological polar surface area (TPSA) is 136 Å². The van der Waals surface area contributed by atoms with Gasteiger partial charge in [-0.1, -0.05) is 67.4 Å². The minimum atomic E-state index is -2.79. The van der Waals surface area contributed by atoms with Crippen LogP contribution in [0.2, 0.25) is 0 Å². The summed E-state index contributed by atoms with van der Waals surface area (Å²) in [6.45, 7) is 4.42. The molecule has 4 aliphatic rings. The second kappa shape index (κ2) is 18.8. The number of likely N-dealkylation sites (tertiary alicyclic amines) is 1. The van der Waals surface area contributed by atoms with Crippen LogP contribution in [0.25, 0.3) is 28.5 Å². The molecule has 0 unspecified atom stereocenters. The van der Waals surface area contributed by atoms with E-state index in [9.17, 15) is 17.6 Å². The van der Waals surface area contributed by atoms with E-state index in [2.05, 4.69) is 119 Å². The fourth-order valence-corrected chi connectivity index (χ4v) is 9.46. The second-order valence-electron chi connectivity index (χ2n) is 17.9. The second-order valence-corrected chi connectivity index (χ2v) is 17.9. The minimum Gasteiger partial charge on any atom is -0.415 e. The molecule has 3 fully saturated rings. The van der Waals surface area contributed by atoms with Crippen LogP contribution in [-0.2, 0) is 23.7 Å². The number of likely N-dealkylation sites (N-methyl/N-ethyl adjacent to an activating group) is 1. The Balaban J connectivity index is 0.000000162. The summed E-state index contributed by atoms with van der Waals surface area (Å²) >= 11 is 0. The number of hydrogen-bond donors (Lipinski definition) is 0. The van der Waals surface area contributed by atoms with Crippen molar-refractivity contribution in [3.8, 4) is 22.9 Å². The van der Waals surface area contributed by atoms with Crippen molar-refractivity contribution in [3.63, 3.8) is 0 Å². The van der Waals surface area contributed by atoms with Crippen molar-refractivity contribution in [2.24, 2.45) is 0 Å². The quantitative estimate of drug-likeness (QED) is 0.108. The largest absolute Gasteiger partial charge is 0.415 e. The first-order valence-electron chi connectivity index (χ1n) is 22.2. The van der Waals surface area contributed by atoms with Gasteiger partial charge >= 0.3 is 12.9 Å². The Morgan fingerprint density at radius 1 is 0.594 bits per heavy atom. The van der Waals surface area contributed by atoms with Crippen molar-refractivity contribution in [3.05, 3.63) is 125 Å². The number of alkyl halides is 4. The summed E-state index contributed by atoms with van der Waals surface area (Å²) in [5.74, 6) is 0.742. The zero-order valence-electron chi connectivity index (χ0n) is 36.1. The molecule has 2 saturated carbocycles. The number of benzene rings is 2. The minimum absolute atomic E-state index is 0.00371. The number of hydrogen-bond acceptors (Lipinski definition) is 12. The average Bonchev–Trinajstić information content (AvgIpc) is 4.00. The zero-order chi connectivity index (χ0) is 44.3. The first-order chi connectivity index (χ1) is 31.0. The number of piperidine rings is 1. The number of halogens is 4. The summed E-state index contributed by atoms with van der Waals surface area (Å²) in [6, 6.07) is 18.2. The van der Waals surface area contributed by atoms with E-state index < -0.39 is 24.6 Å². The molecule has 2 aliphatic carbocycles. The van der Waals surface area contributed by atoms with Crippen LogP contribution in [0.3, 0.4) is 0 Å². The van der Waals surface area contributed by atoms with E-state index in [1.807, 2.05) is 0 Å². The lowest BCUT2D eigenvalue weighted by molar-refractivity contribution is 0.115. The summed E-state index contributed by atoms with van der Waals surface area (Å²) in [4.78, 5) is 22.6. The van der Waals surface area contributed by atoms with Gasteiger partial charge in [0.25, 0.3) is 23.6 Å². The Bertz CT molecular complexity index is 2490. The molecule has 12 nitrogen and oxygen atoms in total. The Hall–Kier alpha value is -5.74. The van der Waals surface area contributed by atoms with Crippen molar-refractivity contribution < 1.29 is 26.4 Å². The van der Waals surface area contributed by atoms with Gasteiger partial charge in [0.15, 0.2) is 0 Å². The molecule has 6 aromatic rings. The van der Waals surface area contributed by atoms with Crippen molar-refractivity contribution in [1.82, 2.24) is 50.1 Å². The van der Waals surface area contributed by atoms with Crippen LogP contribution in [0.1, 0.15) is 122 Å². The standard InChI is InChI=1S/C24H27F2N5O.C24H25F2N5O/c2*1-31-11-7-17(8-12-31)16-3-5-19(6-4-16)24(9-2-10-24)13-20-27-14-18(15-28-20)22-29-30-23(32-22)21(25)26/h3-6,14-15,17,21H,2,7-13H2,1H3;3-7,14-15,21H,2,8-13H2,1H3. The molecule has 2 aliphatic heterocycles. The Morgan fingerprint density at radius 3 is 1.45 bits per heavy atom. The maximum absolute atomic E-state index is 12.7. The average molecular weight is 877 g/mol. The van der Waals surface area contributed by atoms with Crippen LogP contribution in [-0.4, -0.2) is 90.4 Å². The van der Waals surface area contributed by atoms with E-state index in [1.165, 1.54) is 53.5 Å². The van der Waals surface area contributed by atoms with Gasteiger partial charge in [0, 0.05) is 61.5 Å². The number of aromatic nitrogens is 8.